The molecule has 2 atom stereocenters. The predicted octanol–water partition coefficient (Wildman–Crippen LogP) is 7.55. The van der Waals surface area contributed by atoms with Gasteiger partial charge in [-0.2, -0.15) is 13.2 Å². The first-order valence-electron chi connectivity index (χ1n) is 16.9. The largest absolute Gasteiger partial charge is 0.481 e. The number of ether oxygens (including phenoxy) is 4. The van der Waals surface area contributed by atoms with Gasteiger partial charge in [-0.05, 0) is 87.7 Å². The van der Waals surface area contributed by atoms with E-state index in [2.05, 4.69) is 9.97 Å². The van der Waals surface area contributed by atoms with Gasteiger partial charge in [0.05, 0.1) is 49.7 Å². The zero-order valence-corrected chi connectivity index (χ0v) is 30.1. The number of hydrogen-bond donors (Lipinski definition) is 0. The quantitative estimate of drug-likeness (QED) is 0.133. The number of aryl methyl sites for hydroxylation is 1. The second-order valence-electron chi connectivity index (χ2n) is 13.9. The number of cyclic esters (lactones) is 1. The molecule has 11 nitrogen and oxygen atoms in total. The fourth-order valence-electron chi connectivity index (χ4n) is 6.34. The number of benzene rings is 2. The zero-order chi connectivity index (χ0) is 38.2. The van der Waals surface area contributed by atoms with Gasteiger partial charge in [0.2, 0.25) is 11.8 Å². The minimum atomic E-state index is -4.80. The highest BCUT2D eigenvalue weighted by atomic mass is 19.4. The Balaban J connectivity index is 1.39. The molecule has 53 heavy (non-hydrogen) atoms. The lowest BCUT2D eigenvalue weighted by Crippen LogP contribution is -2.38. The van der Waals surface area contributed by atoms with Crippen LogP contribution < -0.4 is 9.64 Å². The number of halogens is 4. The number of alkyl halides is 3. The van der Waals surface area contributed by atoms with Crippen molar-refractivity contribution in [2.75, 3.05) is 38.3 Å². The topological polar surface area (TPSA) is 116 Å². The molecule has 2 aliphatic rings. The number of carbonyl (C=O) groups is 2. The first-order valence-corrected chi connectivity index (χ1v) is 16.9. The second-order valence-corrected chi connectivity index (χ2v) is 13.9. The van der Waals surface area contributed by atoms with E-state index in [1.165, 1.54) is 12.0 Å². The predicted molar refractivity (Wildman–Crippen MR) is 186 cm³/mol. The van der Waals surface area contributed by atoms with Crippen LogP contribution in [0, 0.1) is 12.7 Å². The van der Waals surface area contributed by atoms with Crippen LogP contribution in [0.5, 0.6) is 5.88 Å². The van der Waals surface area contributed by atoms with Gasteiger partial charge in [0.25, 0.3) is 0 Å². The number of amides is 1. The summed E-state index contributed by atoms with van der Waals surface area (Å²) in [6.45, 7) is 10.7. The van der Waals surface area contributed by atoms with E-state index in [-0.39, 0.29) is 18.0 Å². The molecular weight excluding hydrogens is 698 g/mol. The van der Waals surface area contributed by atoms with E-state index in [1.54, 1.807) is 58.3 Å². The van der Waals surface area contributed by atoms with Crippen molar-refractivity contribution in [1.29, 1.82) is 0 Å². The summed E-state index contributed by atoms with van der Waals surface area (Å²) in [5, 5.41) is 0. The molecule has 0 aliphatic carbocycles. The van der Waals surface area contributed by atoms with Crippen LogP contribution in [0.1, 0.15) is 66.5 Å². The number of anilines is 1. The van der Waals surface area contributed by atoms with E-state index in [1.807, 2.05) is 17.9 Å². The third-order valence-corrected chi connectivity index (χ3v) is 8.94. The van der Waals surface area contributed by atoms with Gasteiger partial charge in [0, 0.05) is 42.2 Å². The molecule has 4 heterocycles. The fraction of sp³-hybridized carbons (Fsp3) is 0.395. The molecule has 280 valence electrons. The van der Waals surface area contributed by atoms with Crippen LogP contribution in [0.3, 0.4) is 0 Å². The maximum atomic E-state index is 14.4. The fourth-order valence-corrected chi connectivity index (χ4v) is 6.34. The number of aromatic nitrogens is 3. The average molecular weight is 738 g/mol. The zero-order valence-electron chi connectivity index (χ0n) is 30.1. The second kappa shape index (κ2) is 14.6. The van der Waals surface area contributed by atoms with Gasteiger partial charge in [0.15, 0.2) is 0 Å². The molecule has 0 saturated carbocycles. The SMILES string of the molecule is COc1ncc(-c2ccc(C(=O)OC(C)(C)C)cc2C)cc1-c1cnc(N2CCOCC2)nc1CN1C(=O)O[C@H](c2cc(F)cc(C(F)(F)F)c2)[C@@H]1C. The number of esters is 1. The lowest BCUT2D eigenvalue weighted by molar-refractivity contribution is -0.137. The van der Waals surface area contributed by atoms with Gasteiger partial charge in [-0.1, -0.05) is 6.07 Å². The molecule has 2 saturated heterocycles. The molecule has 2 fully saturated rings. The number of hydrogen-bond acceptors (Lipinski definition) is 10. The Bertz CT molecular complexity index is 2030. The van der Waals surface area contributed by atoms with Crippen LogP contribution in [-0.2, 0) is 26.9 Å². The van der Waals surface area contributed by atoms with Crippen molar-refractivity contribution in [3.8, 4) is 28.1 Å². The van der Waals surface area contributed by atoms with Crippen LogP contribution in [0.4, 0.5) is 28.3 Å². The van der Waals surface area contributed by atoms with Crippen molar-refractivity contribution >= 4 is 18.0 Å². The lowest BCUT2D eigenvalue weighted by atomic mass is 9.96. The number of carbonyl (C=O) groups excluding carboxylic acids is 2. The minimum absolute atomic E-state index is 0.121. The molecule has 0 bridgehead atoms. The summed E-state index contributed by atoms with van der Waals surface area (Å²) in [6, 6.07) is 8.39. The summed E-state index contributed by atoms with van der Waals surface area (Å²) in [5.74, 6) is -0.910. The number of morpholine rings is 1. The normalized spacial score (nSPS) is 17.9. The average Bonchev–Trinajstić information content (AvgIpc) is 3.39. The Morgan fingerprint density at radius 1 is 0.981 bits per heavy atom. The van der Waals surface area contributed by atoms with Crippen LogP contribution in [-0.4, -0.2) is 77.0 Å². The van der Waals surface area contributed by atoms with Crippen molar-refractivity contribution in [3.05, 3.63) is 88.6 Å². The Hall–Kier alpha value is -5.31. The molecule has 15 heteroatoms. The van der Waals surface area contributed by atoms with Gasteiger partial charge in [-0.25, -0.2) is 28.9 Å². The van der Waals surface area contributed by atoms with E-state index in [0.29, 0.717) is 66.3 Å². The monoisotopic (exact) mass is 737 g/mol. The van der Waals surface area contributed by atoms with Gasteiger partial charge < -0.3 is 23.8 Å². The standard InChI is InChI=1S/C38H39F4N5O6/c1-21-13-23(34(48)53-37(3,4)5)7-8-28(21)25-16-29(33(50-6)43-18-25)30-19-44-35(46-9-11-51-12-10-46)45-31(30)20-47-22(2)32(52-36(47)49)24-14-26(38(40,41)42)17-27(39)15-24/h7-8,13-19,22,32H,9-12,20H2,1-6H3/t22-,32-/m0/s1. The molecule has 0 spiro atoms. The number of methoxy groups -OCH3 is 1. The van der Waals surface area contributed by atoms with Crippen LogP contribution in [0.2, 0.25) is 0 Å². The summed E-state index contributed by atoms with van der Waals surface area (Å²) in [4.78, 5) is 43.5. The Morgan fingerprint density at radius 2 is 1.72 bits per heavy atom. The molecular formula is C38H39F4N5O6. The van der Waals surface area contributed by atoms with Crippen molar-refractivity contribution in [1.82, 2.24) is 19.9 Å². The van der Waals surface area contributed by atoms with E-state index >= 15 is 0 Å². The van der Waals surface area contributed by atoms with Crippen molar-refractivity contribution in [2.24, 2.45) is 0 Å². The molecule has 6 rings (SSSR count). The molecule has 2 aliphatic heterocycles. The van der Waals surface area contributed by atoms with E-state index in [9.17, 15) is 27.2 Å². The van der Waals surface area contributed by atoms with Gasteiger partial charge in [-0.15, -0.1) is 0 Å². The summed E-state index contributed by atoms with van der Waals surface area (Å²) >= 11 is 0. The maximum Gasteiger partial charge on any atom is 0.416 e. The Morgan fingerprint density at radius 3 is 2.38 bits per heavy atom. The van der Waals surface area contributed by atoms with Gasteiger partial charge in [0.1, 0.15) is 17.5 Å². The number of rotatable bonds is 8. The van der Waals surface area contributed by atoms with Gasteiger partial charge in [-0.3, -0.25) is 4.90 Å². The summed E-state index contributed by atoms with van der Waals surface area (Å²) in [5.41, 5.74) is 2.07. The molecule has 0 radical (unpaired) electrons. The molecule has 2 aromatic heterocycles. The van der Waals surface area contributed by atoms with Crippen LogP contribution in [0.15, 0.2) is 54.9 Å². The third kappa shape index (κ3) is 8.19. The summed E-state index contributed by atoms with van der Waals surface area (Å²) in [6.07, 6.45) is -3.54. The highest BCUT2D eigenvalue weighted by Gasteiger charge is 2.42. The first kappa shape index (κ1) is 37.4. The molecule has 2 aromatic carbocycles. The van der Waals surface area contributed by atoms with Crippen LogP contribution in [0.25, 0.3) is 22.3 Å². The maximum absolute atomic E-state index is 14.4. The Labute approximate surface area is 303 Å². The highest BCUT2D eigenvalue weighted by Crippen LogP contribution is 2.40. The summed E-state index contributed by atoms with van der Waals surface area (Å²) in [7, 11) is 1.47. The smallest absolute Gasteiger partial charge is 0.416 e. The van der Waals surface area contributed by atoms with Crippen molar-refractivity contribution < 1.29 is 46.1 Å². The van der Waals surface area contributed by atoms with Gasteiger partial charge >= 0.3 is 18.2 Å². The van der Waals surface area contributed by atoms with E-state index < -0.39 is 47.4 Å². The first-order chi connectivity index (χ1) is 25.0. The molecule has 1 amide bonds. The molecule has 0 unspecified atom stereocenters. The van der Waals surface area contributed by atoms with E-state index in [0.717, 1.165) is 23.3 Å². The van der Waals surface area contributed by atoms with Crippen LogP contribution >= 0.6 is 0 Å². The number of nitrogens with zero attached hydrogens (tertiary/aromatic N) is 5. The van der Waals surface area contributed by atoms with Crippen molar-refractivity contribution in [3.63, 3.8) is 0 Å². The molecule has 0 N–H and O–H groups in total. The third-order valence-electron chi connectivity index (χ3n) is 8.94. The molecule has 4 aromatic rings. The minimum Gasteiger partial charge on any atom is -0.481 e. The lowest BCUT2D eigenvalue weighted by Gasteiger charge is -2.28. The number of pyridine rings is 1. The summed E-state index contributed by atoms with van der Waals surface area (Å²) < 4.78 is 77.3. The van der Waals surface area contributed by atoms with E-state index in [4.69, 9.17) is 23.9 Å². The van der Waals surface area contributed by atoms with Crippen molar-refractivity contribution in [2.45, 2.75) is 65.1 Å². The Kier molecular flexibility index (Phi) is 10.3. The highest BCUT2D eigenvalue weighted by molar-refractivity contribution is 5.91.